The Morgan fingerprint density at radius 1 is 1.35 bits per heavy atom. The van der Waals surface area contributed by atoms with E-state index in [9.17, 15) is 19.7 Å². The minimum atomic E-state index is -0.998. The van der Waals surface area contributed by atoms with Crippen LogP contribution in [0.2, 0.25) is 5.02 Å². The minimum absolute atomic E-state index is 0.00827. The Kier molecular flexibility index (Phi) is 7.75. The van der Waals surface area contributed by atoms with Crippen molar-refractivity contribution in [2.75, 3.05) is 4.90 Å². The smallest absolute Gasteiger partial charge is 0.331 e. The van der Waals surface area contributed by atoms with Crippen LogP contribution in [0.3, 0.4) is 0 Å². The number of halogens is 1. The third-order valence-corrected chi connectivity index (χ3v) is 6.11. The normalized spacial score (nSPS) is 15.5. The van der Waals surface area contributed by atoms with Crippen LogP contribution in [0.15, 0.2) is 35.9 Å². The molecule has 1 unspecified atom stereocenters. The van der Waals surface area contributed by atoms with Gasteiger partial charge < -0.3 is 4.74 Å². The Bertz CT molecular complexity index is 973. The number of thiazole rings is 1. The van der Waals surface area contributed by atoms with Crippen LogP contribution in [0.4, 0.5) is 10.8 Å². The van der Waals surface area contributed by atoms with Gasteiger partial charge in [-0.2, -0.15) is 0 Å². The van der Waals surface area contributed by atoms with E-state index >= 15 is 0 Å². The summed E-state index contributed by atoms with van der Waals surface area (Å²) < 4.78 is 5.31. The first-order valence-electron chi connectivity index (χ1n) is 9.92. The standard InChI is InChI=1S/C21H22ClN3O5S/c1-14(20(27)24(21-23-11-12-31-21)16-5-3-2-4-6-16)30-19(26)10-8-15-7-9-17(22)18(13-15)25(28)29/h7-14,16H,2-6H2,1H3/b10-8+. The van der Waals surface area contributed by atoms with E-state index in [1.807, 2.05) is 5.38 Å². The van der Waals surface area contributed by atoms with E-state index in [0.717, 1.165) is 38.2 Å². The third-order valence-electron chi connectivity index (χ3n) is 5.02. The average Bonchev–Trinajstić information content (AvgIpc) is 3.28. The molecule has 3 rings (SSSR count). The summed E-state index contributed by atoms with van der Waals surface area (Å²) in [5.74, 6) is -1.04. The van der Waals surface area contributed by atoms with Crippen LogP contribution in [0.5, 0.6) is 0 Å². The fourth-order valence-corrected chi connectivity index (χ4v) is 4.41. The van der Waals surface area contributed by atoms with Crippen LogP contribution in [-0.4, -0.2) is 33.9 Å². The highest BCUT2D eigenvalue weighted by atomic mass is 35.5. The second-order valence-corrected chi connectivity index (χ2v) is 8.48. The summed E-state index contributed by atoms with van der Waals surface area (Å²) in [6.45, 7) is 1.53. The van der Waals surface area contributed by atoms with Crippen molar-refractivity contribution in [3.63, 3.8) is 0 Å². The van der Waals surface area contributed by atoms with Gasteiger partial charge in [-0.05, 0) is 37.5 Å². The van der Waals surface area contributed by atoms with Gasteiger partial charge in [0.05, 0.1) is 4.92 Å². The fourth-order valence-electron chi connectivity index (χ4n) is 3.50. The van der Waals surface area contributed by atoms with Crippen molar-refractivity contribution in [1.82, 2.24) is 4.98 Å². The molecule has 1 aliphatic rings. The van der Waals surface area contributed by atoms with E-state index in [1.165, 1.54) is 36.5 Å². The number of nitrogens with zero attached hydrogens (tertiary/aromatic N) is 3. The van der Waals surface area contributed by atoms with Crippen molar-refractivity contribution < 1.29 is 19.2 Å². The molecule has 1 saturated carbocycles. The topological polar surface area (TPSA) is 103 Å². The summed E-state index contributed by atoms with van der Waals surface area (Å²) in [6.07, 6.45) is 8.18. The number of amides is 1. The summed E-state index contributed by atoms with van der Waals surface area (Å²) in [6, 6.07) is 4.22. The molecular weight excluding hydrogens is 442 g/mol. The van der Waals surface area contributed by atoms with Gasteiger partial charge in [0.15, 0.2) is 11.2 Å². The Labute approximate surface area is 188 Å². The first-order chi connectivity index (χ1) is 14.9. The number of rotatable bonds is 7. The van der Waals surface area contributed by atoms with E-state index < -0.39 is 17.0 Å². The van der Waals surface area contributed by atoms with Crippen molar-refractivity contribution in [3.8, 4) is 0 Å². The number of ether oxygens (including phenoxy) is 1. The molecular formula is C21H22ClN3O5S. The second kappa shape index (κ2) is 10.5. The summed E-state index contributed by atoms with van der Waals surface area (Å²) in [5, 5.41) is 13.4. The number of nitro groups is 1. The molecule has 1 fully saturated rings. The lowest BCUT2D eigenvalue weighted by Gasteiger charge is -2.33. The maximum absolute atomic E-state index is 13.1. The molecule has 1 atom stereocenters. The molecule has 0 aliphatic heterocycles. The molecule has 1 heterocycles. The van der Waals surface area contributed by atoms with Crippen LogP contribution < -0.4 is 4.90 Å². The predicted molar refractivity (Wildman–Crippen MR) is 119 cm³/mol. The van der Waals surface area contributed by atoms with Crippen molar-refractivity contribution in [1.29, 1.82) is 0 Å². The summed E-state index contributed by atoms with van der Waals surface area (Å²) in [5.41, 5.74) is 0.158. The highest BCUT2D eigenvalue weighted by Crippen LogP contribution is 2.30. The Morgan fingerprint density at radius 3 is 2.74 bits per heavy atom. The number of benzene rings is 1. The van der Waals surface area contributed by atoms with Crippen LogP contribution in [0.25, 0.3) is 6.08 Å². The SMILES string of the molecule is CC(OC(=O)/C=C/c1ccc(Cl)c([N+](=O)[O-])c1)C(=O)N(c1nccs1)C1CCCCC1. The van der Waals surface area contributed by atoms with Crippen LogP contribution in [-0.2, 0) is 14.3 Å². The zero-order valence-electron chi connectivity index (χ0n) is 16.9. The highest BCUT2D eigenvalue weighted by Gasteiger charge is 2.32. The van der Waals surface area contributed by atoms with Crippen molar-refractivity contribution in [2.24, 2.45) is 0 Å². The predicted octanol–water partition coefficient (Wildman–Crippen LogP) is 5.02. The van der Waals surface area contributed by atoms with Crippen molar-refractivity contribution in [3.05, 3.63) is 56.6 Å². The number of anilines is 1. The van der Waals surface area contributed by atoms with Gasteiger partial charge in [0.1, 0.15) is 5.02 Å². The molecule has 0 radical (unpaired) electrons. The second-order valence-electron chi connectivity index (χ2n) is 7.20. The maximum Gasteiger partial charge on any atom is 0.331 e. The van der Waals surface area contributed by atoms with E-state index in [1.54, 1.807) is 17.2 Å². The van der Waals surface area contributed by atoms with Gasteiger partial charge in [0.25, 0.3) is 11.6 Å². The van der Waals surface area contributed by atoms with Crippen LogP contribution >= 0.6 is 22.9 Å². The maximum atomic E-state index is 13.1. The van der Waals surface area contributed by atoms with E-state index in [2.05, 4.69) is 4.98 Å². The van der Waals surface area contributed by atoms with E-state index in [-0.39, 0.29) is 22.7 Å². The summed E-state index contributed by atoms with van der Waals surface area (Å²) in [4.78, 5) is 41.7. The monoisotopic (exact) mass is 463 g/mol. The van der Waals surface area contributed by atoms with Crippen LogP contribution in [0, 0.1) is 10.1 Å². The molecule has 0 spiro atoms. The molecule has 1 aromatic heterocycles. The number of carbonyl (C=O) groups is 2. The van der Waals surface area contributed by atoms with E-state index in [4.69, 9.17) is 16.3 Å². The minimum Gasteiger partial charge on any atom is -0.449 e. The Morgan fingerprint density at radius 2 is 2.10 bits per heavy atom. The fraction of sp³-hybridized carbons (Fsp3) is 0.381. The molecule has 8 nitrogen and oxygen atoms in total. The van der Waals surface area contributed by atoms with E-state index in [0.29, 0.717) is 10.7 Å². The zero-order chi connectivity index (χ0) is 22.4. The van der Waals surface area contributed by atoms with Gasteiger partial charge >= 0.3 is 5.97 Å². The van der Waals surface area contributed by atoms with Gasteiger partial charge in [-0.1, -0.05) is 36.9 Å². The quantitative estimate of drug-likeness (QED) is 0.247. The van der Waals surface area contributed by atoms with Gasteiger partial charge in [-0.3, -0.25) is 19.8 Å². The number of hydrogen-bond acceptors (Lipinski definition) is 7. The zero-order valence-corrected chi connectivity index (χ0v) is 18.5. The molecule has 164 valence electrons. The van der Waals surface area contributed by atoms with Crippen LogP contribution in [0.1, 0.15) is 44.6 Å². The molecule has 0 bridgehead atoms. The molecule has 1 amide bonds. The number of esters is 1. The van der Waals surface area contributed by atoms with Crippen molar-refractivity contribution >= 4 is 51.7 Å². The van der Waals surface area contributed by atoms with Gasteiger partial charge in [-0.25, -0.2) is 9.78 Å². The largest absolute Gasteiger partial charge is 0.449 e. The molecule has 0 N–H and O–H groups in total. The first kappa shape index (κ1) is 22.9. The lowest BCUT2D eigenvalue weighted by molar-refractivity contribution is -0.384. The average molecular weight is 464 g/mol. The lowest BCUT2D eigenvalue weighted by Crippen LogP contribution is -2.47. The molecule has 1 aromatic carbocycles. The number of hydrogen-bond donors (Lipinski definition) is 0. The molecule has 1 aliphatic carbocycles. The molecule has 2 aromatic rings. The lowest BCUT2D eigenvalue weighted by atomic mass is 9.94. The summed E-state index contributed by atoms with van der Waals surface area (Å²) >= 11 is 7.17. The first-order valence-corrected chi connectivity index (χ1v) is 11.2. The van der Waals surface area contributed by atoms with Gasteiger partial charge in [-0.15, -0.1) is 11.3 Å². The highest BCUT2D eigenvalue weighted by molar-refractivity contribution is 7.13. The molecule has 31 heavy (non-hydrogen) atoms. The van der Waals surface area contributed by atoms with Crippen molar-refractivity contribution in [2.45, 2.75) is 51.2 Å². The number of aromatic nitrogens is 1. The Balaban J connectivity index is 1.67. The Hall–Kier alpha value is -2.78. The summed E-state index contributed by atoms with van der Waals surface area (Å²) in [7, 11) is 0. The van der Waals surface area contributed by atoms with Gasteiger partial charge in [0, 0.05) is 29.8 Å². The van der Waals surface area contributed by atoms with Gasteiger partial charge in [0.2, 0.25) is 0 Å². The third kappa shape index (κ3) is 5.89. The molecule has 0 saturated heterocycles. The number of nitro benzene ring substituents is 1. The number of carbonyl (C=O) groups excluding carboxylic acids is 2. The molecule has 10 heteroatoms.